The van der Waals surface area contributed by atoms with Gasteiger partial charge in [0.15, 0.2) is 0 Å². The molecule has 0 aromatic heterocycles. The molecule has 1 unspecified atom stereocenters. The highest BCUT2D eigenvalue weighted by Gasteiger charge is 2.34. The highest BCUT2D eigenvalue weighted by atomic mass is 15.2. The number of rotatable bonds is 4. The van der Waals surface area contributed by atoms with Crippen LogP contribution in [0, 0.1) is 6.92 Å². The minimum absolute atomic E-state index is 0.332. The Morgan fingerprint density at radius 1 is 1.41 bits per heavy atom. The third-order valence-corrected chi connectivity index (χ3v) is 4.05. The van der Waals surface area contributed by atoms with Gasteiger partial charge in [-0.05, 0) is 52.4 Å². The summed E-state index contributed by atoms with van der Waals surface area (Å²) in [6, 6.07) is 8.88. The second kappa shape index (κ2) is 5.19. The van der Waals surface area contributed by atoms with Gasteiger partial charge >= 0.3 is 0 Å². The molecule has 0 saturated carbocycles. The van der Waals surface area contributed by atoms with Gasteiger partial charge in [-0.25, -0.2) is 0 Å². The molecular weight excluding hydrogens is 208 g/mol. The lowest BCUT2D eigenvalue weighted by Gasteiger charge is -2.28. The van der Waals surface area contributed by atoms with Gasteiger partial charge in [0.25, 0.3) is 0 Å². The van der Waals surface area contributed by atoms with Crippen molar-refractivity contribution in [2.24, 2.45) is 0 Å². The molecule has 1 heterocycles. The van der Waals surface area contributed by atoms with Gasteiger partial charge < -0.3 is 10.2 Å². The van der Waals surface area contributed by atoms with Crippen molar-refractivity contribution in [3.05, 3.63) is 35.4 Å². The summed E-state index contributed by atoms with van der Waals surface area (Å²) >= 11 is 0. The SMILES string of the molecule is CNC1(CCc2cccc(C)c2)CCN(C)C1. The fourth-order valence-corrected chi connectivity index (χ4v) is 2.86. The number of nitrogens with zero attached hydrogens (tertiary/aromatic N) is 1. The Hall–Kier alpha value is -0.860. The van der Waals surface area contributed by atoms with E-state index >= 15 is 0 Å². The quantitative estimate of drug-likeness (QED) is 0.856. The number of hydrogen-bond donors (Lipinski definition) is 1. The lowest BCUT2D eigenvalue weighted by atomic mass is 9.90. The lowest BCUT2D eigenvalue weighted by Crippen LogP contribution is -2.45. The summed E-state index contributed by atoms with van der Waals surface area (Å²) in [6.45, 7) is 4.56. The van der Waals surface area contributed by atoms with Crippen molar-refractivity contribution in [3.8, 4) is 0 Å². The number of aryl methyl sites for hydroxylation is 2. The van der Waals surface area contributed by atoms with E-state index in [1.165, 1.54) is 43.5 Å². The number of hydrogen-bond acceptors (Lipinski definition) is 2. The molecule has 1 atom stereocenters. The molecule has 2 heteroatoms. The maximum Gasteiger partial charge on any atom is 0.0321 e. The van der Waals surface area contributed by atoms with E-state index in [1.807, 2.05) is 0 Å². The number of benzene rings is 1. The first-order valence-corrected chi connectivity index (χ1v) is 6.57. The van der Waals surface area contributed by atoms with Crippen molar-refractivity contribution < 1.29 is 0 Å². The van der Waals surface area contributed by atoms with Crippen molar-refractivity contribution in [3.63, 3.8) is 0 Å². The van der Waals surface area contributed by atoms with Gasteiger partial charge in [0, 0.05) is 12.1 Å². The molecule has 1 fully saturated rings. The molecule has 1 aromatic carbocycles. The predicted molar refractivity (Wildman–Crippen MR) is 73.4 cm³/mol. The molecule has 1 aliphatic heterocycles. The van der Waals surface area contributed by atoms with Gasteiger partial charge in [-0.3, -0.25) is 0 Å². The van der Waals surface area contributed by atoms with E-state index in [-0.39, 0.29) is 0 Å². The Kier molecular flexibility index (Phi) is 3.85. The molecule has 0 bridgehead atoms. The van der Waals surface area contributed by atoms with Crippen molar-refractivity contribution in [1.29, 1.82) is 0 Å². The van der Waals surface area contributed by atoms with E-state index < -0.39 is 0 Å². The van der Waals surface area contributed by atoms with Crippen LogP contribution in [0.2, 0.25) is 0 Å². The zero-order valence-electron chi connectivity index (χ0n) is 11.3. The van der Waals surface area contributed by atoms with E-state index in [0.717, 1.165) is 0 Å². The molecule has 1 aliphatic rings. The minimum atomic E-state index is 0.332. The third kappa shape index (κ3) is 3.08. The molecule has 0 radical (unpaired) electrons. The van der Waals surface area contributed by atoms with Gasteiger partial charge in [0.05, 0.1) is 0 Å². The maximum absolute atomic E-state index is 3.55. The van der Waals surface area contributed by atoms with Crippen LogP contribution in [0.5, 0.6) is 0 Å². The highest BCUT2D eigenvalue weighted by molar-refractivity contribution is 5.22. The molecule has 2 rings (SSSR count). The van der Waals surface area contributed by atoms with Crippen LogP contribution in [0.25, 0.3) is 0 Å². The van der Waals surface area contributed by atoms with Gasteiger partial charge in [0.1, 0.15) is 0 Å². The summed E-state index contributed by atoms with van der Waals surface area (Å²) in [7, 11) is 4.32. The van der Waals surface area contributed by atoms with Crippen LogP contribution in [0.15, 0.2) is 24.3 Å². The fraction of sp³-hybridized carbons (Fsp3) is 0.600. The molecular formula is C15H24N2. The smallest absolute Gasteiger partial charge is 0.0321 e. The van der Waals surface area contributed by atoms with E-state index in [4.69, 9.17) is 0 Å². The average molecular weight is 232 g/mol. The zero-order chi connectivity index (χ0) is 12.3. The number of nitrogens with one attached hydrogen (secondary N) is 1. The summed E-state index contributed by atoms with van der Waals surface area (Å²) in [6.07, 6.45) is 3.68. The van der Waals surface area contributed by atoms with Crippen molar-refractivity contribution in [2.45, 2.75) is 31.7 Å². The van der Waals surface area contributed by atoms with Gasteiger partial charge in [0.2, 0.25) is 0 Å². The number of likely N-dealkylation sites (N-methyl/N-ethyl adjacent to an activating group) is 2. The van der Waals surface area contributed by atoms with Crippen LogP contribution in [0.3, 0.4) is 0 Å². The van der Waals surface area contributed by atoms with E-state index in [1.54, 1.807) is 0 Å². The van der Waals surface area contributed by atoms with Crippen LogP contribution < -0.4 is 5.32 Å². The molecule has 0 amide bonds. The van der Waals surface area contributed by atoms with E-state index in [9.17, 15) is 0 Å². The summed E-state index contributed by atoms with van der Waals surface area (Å²) in [5, 5.41) is 3.55. The summed E-state index contributed by atoms with van der Waals surface area (Å²) < 4.78 is 0. The Labute approximate surface area is 105 Å². The Morgan fingerprint density at radius 2 is 2.24 bits per heavy atom. The molecule has 94 valence electrons. The molecule has 0 aliphatic carbocycles. The van der Waals surface area contributed by atoms with Crippen LogP contribution in [0.4, 0.5) is 0 Å². The normalized spacial score (nSPS) is 25.4. The average Bonchev–Trinajstić information content (AvgIpc) is 2.70. The first-order chi connectivity index (χ1) is 8.13. The first kappa shape index (κ1) is 12.6. The summed E-state index contributed by atoms with van der Waals surface area (Å²) in [5.74, 6) is 0. The Balaban J connectivity index is 1.97. The lowest BCUT2D eigenvalue weighted by molar-refractivity contribution is 0.311. The van der Waals surface area contributed by atoms with Crippen LogP contribution in [0.1, 0.15) is 24.0 Å². The van der Waals surface area contributed by atoms with Crippen molar-refractivity contribution in [1.82, 2.24) is 10.2 Å². The molecule has 17 heavy (non-hydrogen) atoms. The Bertz CT molecular complexity index is 375. The zero-order valence-corrected chi connectivity index (χ0v) is 11.3. The van der Waals surface area contributed by atoms with Crippen molar-refractivity contribution in [2.75, 3.05) is 27.2 Å². The van der Waals surface area contributed by atoms with E-state index in [0.29, 0.717) is 5.54 Å². The topological polar surface area (TPSA) is 15.3 Å². The molecule has 2 nitrogen and oxygen atoms in total. The largest absolute Gasteiger partial charge is 0.313 e. The number of likely N-dealkylation sites (tertiary alicyclic amines) is 1. The van der Waals surface area contributed by atoms with Gasteiger partial charge in [-0.15, -0.1) is 0 Å². The highest BCUT2D eigenvalue weighted by Crippen LogP contribution is 2.25. The van der Waals surface area contributed by atoms with E-state index in [2.05, 4.69) is 55.5 Å². The fourth-order valence-electron chi connectivity index (χ4n) is 2.86. The molecule has 1 aromatic rings. The monoisotopic (exact) mass is 232 g/mol. The van der Waals surface area contributed by atoms with Crippen LogP contribution in [-0.2, 0) is 6.42 Å². The standard InChI is InChI=1S/C15H24N2/c1-13-5-4-6-14(11-13)7-8-15(16-2)9-10-17(3)12-15/h4-6,11,16H,7-10,12H2,1-3H3. The summed E-state index contributed by atoms with van der Waals surface area (Å²) in [4.78, 5) is 2.42. The Morgan fingerprint density at radius 3 is 2.82 bits per heavy atom. The second-order valence-electron chi connectivity index (χ2n) is 5.51. The molecule has 1 N–H and O–H groups in total. The van der Waals surface area contributed by atoms with Crippen molar-refractivity contribution >= 4 is 0 Å². The predicted octanol–water partition coefficient (Wildman–Crippen LogP) is 2.22. The van der Waals surface area contributed by atoms with Gasteiger partial charge in [-0.1, -0.05) is 29.8 Å². The second-order valence-corrected chi connectivity index (χ2v) is 5.51. The van der Waals surface area contributed by atoms with Crippen LogP contribution in [-0.4, -0.2) is 37.6 Å². The summed E-state index contributed by atoms with van der Waals surface area (Å²) in [5.41, 5.74) is 3.16. The molecule has 1 saturated heterocycles. The first-order valence-electron chi connectivity index (χ1n) is 6.57. The van der Waals surface area contributed by atoms with Gasteiger partial charge in [-0.2, -0.15) is 0 Å². The minimum Gasteiger partial charge on any atom is -0.313 e. The third-order valence-electron chi connectivity index (χ3n) is 4.05. The maximum atomic E-state index is 3.55. The molecule has 0 spiro atoms. The van der Waals surface area contributed by atoms with Crippen LogP contribution >= 0.6 is 0 Å².